The van der Waals surface area contributed by atoms with Gasteiger partial charge in [-0.2, -0.15) is 23.4 Å². The molecule has 10 heteroatoms. The normalized spacial score (nSPS) is 14.1. The van der Waals surface area contributed by atoms with Gasteiger partial charge in [0.05, 0.1) is 18.4 Å². The highest BCUT2D eigenvalue weighted by Gasteiger charge is 2.37. The lowest BCUT2D eigenvalue weighted by atomic mass is 10.2. The number of carbonyl (C=O) groups excluding carboxylic acids is 1. The van der Waals surface area contributed by atoms with E-state index >= 15 is 0 Å². The molecule has 1 fully saturated rings. The molecule has 6 nitrogen and oxygen atoms in total. The van der Waals surface area contributed by atoms with Gasteiger partial charge in [-0.25, -0.2) is 4.39 Å². The van der Waals surface area contributed by atoms with Crippen molar-refractivity contribution in [3.63, 3.8) is 0 Å². The lowest BCUT2D eigenvalue weighted by molar-refractivity contribution is -0.141. The Morgan fingerprint density at radius 2 is 2.00 bits per heavy atom. The largest absolute Gasteiger partial charge is 0.435 e. The van der Waals surface area contributed by atoms with Crippen molar-refractivity contribution >= 4 is 11.6 Å². The molecule has 1 N–H and O–H groups in total. The van der Waals surface area contributed by atoms with Gasteiger partial charge in [-0.15, -0.1) is 0 Å². The Kier molecular flexibility index (Phi) is 5.31. The minimum absolute atomic E-state index is 0.0306. The predicted octanol–water partition coefficient (Wildman–Crippen LogP) is 4.19. The van der Waals surface area contributed by atoms with Crippen molar-refractivity contribution in [1.82, 2.24) is 19.6 Å². The smallest absolute Gasteiger partial charge is 0.323 e. The number of amides is 1. The van der Waals surface area contributed by atoms with Crippen LogP contribution in [0.4, 0.5) is 23.2 Å². The van der Waals surface area contributed by atoms with E-state index in [2.05, 4.69) is 15.5 Å². The highest BCUT2D eigenvalue weighted by Crippen LogP contribution is 2.42. The molecule has 1 aliphatic rings. The second-order valence-electron chi connectivity index (χ2n) is 7.27. The van der Waals surface area contributed by atoms with Crippen LogP contribution in [0.1, 0.15) is 42.1 Å². The summed E-state index contributed by atoms with van der Waals surface area (Å²) in [4.78, 5) is 12.2. The molecule has 2 heterocycles. The van der Waals surface area contributed by atoms with Gasteiger partial charge in [-0.1, -0.05) is 18.2 Å². The van der Waals surface area contributed by atoms with Crippen LogP contribution >= 0.6 is 0 Å². The number of alkyl halides is 3. The first-order valence-electron chi connectivity index (χ1n) is 9.50. The van der Waals surface area contributed by atoms with Gasteiger partial charge in [0.25, 0.3) is 0 Å². The first-order valence-corrected chi connectivity index (χ1v) is 9.50. The Labute approximate surface area is 169 Å². The summed E-state index contributed by atoms with van der Waals surface area (Å²) in [5.74, 6) is -0.637. The highest BCUT2D eigenvalue weighted by molar-refractivity contribution is 5.90. The van der Waals surface area contributed by atoms with E-state index in [4.69, 9.17) is 0 Å². The number of hydrogen-bond acceptors (Lipinski definition) is 3. The van der Waals surface area contributed by atoms with Gasteiger partial charge in [-0.3, -0.25) is 14.2 Å². The van der Waals surface area contributed by atoms with Crippen LogP contribution in [0, 0.1) is 5.82 Å². The second kappa shape index (κ2) is 7.92. The molecule has 1 saturated carbocycles. The number of aryl methyl sites for hydroxylation is 1. The summed E-state index contributed by atoms with van der Waals surface area (Å²) in [7, 11) is 0. The minimum atomic E-state index is -4.51. The summed E-state index contributed by atoms with van der Waals surface area (Å²) in [5.41, 5.74) is 0.479. The maximum atomic E-state index is 13.7. The summed E-state index contributed by atoms with van der Waals surface area (Å²) in [6, 6.07) is 7.39. The maximum absolute atomic E-state index is 13.7. The van der Waals surface area contributed by atoms with Crippen LogP contribution in [0.5, 0.6) is 0 Å². The van der Waals surface area contributed by atoms with Gasteiger partial charge in [0.1, 0.15) is 5.82 Å². The fourth-order valence-corrected chi connectivity index (χ4v) is 3.20. The molecular formula is C20H19F4N5O. The zero-order chi connectivity index (χ0) is 21.3. The number of carbonyl (C=O) groups is 1. The molecule has 4 rings (SSSR count). The average molecular weight is 421 g/mol. The van der Waals surface area contributed by atoms with Gasteiger partial charge >= 0.3 is 6.18 Å². The molecule has 0 saturated heterocycles. The average Bonchev–Trinajstić information content (AvgIpc) is 3.28. The number of rotatable bonds is 7. The number of benzene rings is 1. The van der Waals surface area contributed by atoms with Gasteiger partial charge < -0.3 is 5.32 Å². The lowest BCUT2D eigenvalue weighted by Crippen LogP contribution is -2.16. The molecule has 30 heavy (non-hydrogen) atoms. The van der Waals surface area contributed by atoms with Crippen LogP contribution in [0.25, 0.3) is 0 Å². The highest BCUT2D eigenvalue weighted by atomic mass is 19.4. The van der Waals surface area contributed by atoms with Crippen molar-refractivity contribution in [3.05, 3.63) is 65.5 Å². The van der Waals surface area contributed by atoms with Crippen molar-refractivity contribution in [1.29, 1.82) is 0 Å². The van der Waals surface area contributed by atoms with Crippen LogP contribution in [0.15, 0.2) is 42.7 Å². The third-order valence-electron chi connectivity index (χ3n) is 4.86. The zero-order valence-electron chi connectivity index (χ0n) is 15.9. The minimum Gasteiger partial charge on any atom is -0.323 e. The van der Waals surface area contributed by atoms with Gasteiger partial charge in [0.15, 0.2) is 5.69 Å². The first kappa shape index (κ1) is 20.1. The van der Waals surface area contributed by atoms with Crippen LogP contribution in [-0.4, -0.2) is 25.5 Å². The molecular weight excluding hydrogens is 402 g/mol. The quantitative estimate of drug-likeness (QED) is 0.582. The van der Waals surface area contributed by atoms with E-state index in [9.17, 15) is 22.4 Å². The van der Waals surface area contributed by atoms with E-state index in [-0.39, 0.29) is 37.2 Å². The molecule has 0 aliphatic heterocycles. The Bertz CT molecular complexity index is 1050. The number of anilines is 1. The number of hydrogen-bond donors (Lipinski definition) is 1. The summed E-state index contributed by atoms with van der Waals surface area (Å²) < 4.78 is 55.3. The second-order valence-corrected chi connectivity index (χ2v) is 7.27. The molecule has 1 aliphatic carbocycles. The molecule has 0 atom stereocenters. The fraction of sp³-hybridized carbons (Fsp3) is 0.350. The third-order valence-corrected chi connectivity index (χ3v) is 4.86. The number of aromatic nitrogens is 4. The number of nitrogens with one attached hydrogen (secondary N) is 1. The van der Waals surface area contributed by atoms with Crippen LogP contribution < -0.4 is 5.32 Å². The van der Waals surface area contributed by atoms with E-state index in [1.807, 2.05) is 0 Å². The summed E-state index contributed by atoms with van der Waals surface area (Å²) in [6.45, 7) is 0.262. The Morgan fingerprint density at radius 3 is 2.70 bits per heavy atom. The monoisotopic (exact) mass is 421 g/mol. The van der Waals surface area contributed by atoms with Crippen molar-refractivity contribution in [3.8, 4) is 0 Å². The molecule has 3 aromatic rings. The van der Waals surface area contributed by atoms with E-state index in [0.29, 0.717) is 16.9 Å². The van der Waals surface area contributed by atoms with Gasteiger partial charge in [0.2, 0.25) is 5.91 Å². The van der Waals surface area contributed by atoms with Crippen molar-refractivity contribution in [2.45, 2.75) is 44.4 Å². The summed E-state index contributed by atoms with van der Waals surface area (Å²) in [6.07, 6.45) is 0.119. The Hall–Kier alpha value is -3.17. The van der Waals surface area contributed by atoms with Crippen LogP contribution in [0.3, 0.4) is 0 Å². The van der Waals surface area contributed by atoms with E-state index in [1.165, 1.54) is 21.6 Å². The molecule has 0 bridgehead atoms. The van der Waals surface area contributed by atoms with E-state index in [0.717, 1.165) is 18.9 Å². The SMILES string of the molecule is O=C(CCn1nc(C(F)(F)F)cc1C1CC1)Nc1cnn(Cc2ccccc2F)c1. The summed E-state index contributed by atoms with van der Waals surface area (Å²) in [5, 5.41) is 10.4. The predicted molar refractivity (Wildman–Crippen MR) is 100 cm³/mol. The molecule has 0 unspecified atom stereocenters. The van der Waals surface area contributed by atoms with Crippen molar-refractivity contribution in [2.24, 2.45) is 0 Å². The zero-order valence-corrected chi connectivity index (χ0v) is 15.9. The molecule has 158 valence electrons. The lowest BCUT2D eigenvalue weighted by Gasteiger charge is -2.07. The van der Waals surface area contributed by atoms with Crippen LogP contribution in [-0.2, 0) is 24.1 Å². The molecule has 0 radical (unpaired) electrons. The van der Waals surface area contributed by atoms with Crippen LogP contribution in [0.2, 0.25) is 0 Å². The van der Waals surface area contributed by atoms with Gasteiger partial charge in [0, 0.05) is 36.3 Å². The van der Waals surface area contributed by atoms with Crippen molar-refractivity contribution in [2.75, 3.05) is 5.32 Å². The van der Waals surface area contributed by atoms with Crippen molar-refractivity contribution < 1.29 is 22.4 Å². The number of nitrogens with zero attached hydrogens (tertiary/aromatic N) is 4. The molecule has 1 aromatic carbocycles. The number of halogens is 4. The molecule has 0 spiro atoms. The fourth-order valence-electron chi connectivity index (χ4n) is 3.20. The molecule has 1 amide bonds. The third kappa shape index (κ3) is 4.69. The Balaban J connectivity index is 1.35. The standard InChI is InChI=1S/C20H19F4N5O/c21-16-4-2-1-3-14(16)11-28-12-15(10-25-28)26-19(30)7-8-29-17(13-5-6-13)9-18(27-29)20(22,23)24/h1-4,9-10,12-13H,5-8,11H2,(H,26,30). The maximum Gasteiger partial charge on any atom is 0.435 e. The van der Waals surface area contributed by atoms with Gasteiger partial charge in [-0.05, 0) is 25.0 Å². The van der Waals surface area contributed by atoms with E-state index < -0.39 is 11.9 Å². The summed E-state index contributed by atoms with van der Waals surface area (Å²) >= 11 is 0. The molecule has 2 aromatic heterocycles. The topological polar surface area (TPSA) is 64.7 Å². The Morgan fingerprint density at radius 1 is 1.23 bits per heavy atom. The van der Waals surface area contributed by atoms with E-state index in [1.54, 1.807) is 24.4 Å². The first-order chi connectivity index (χ1) is 14.3.